The van der Waals surface area contributed by atoms with Crippen LogP contribution in [-0.2, 0) is 6.54 Å². The van der Waals surface area contributed by atoms with Crippen LogP contribution in [0.3, 0.4) is 0 Å². The fraction of sp³-hybridized carbons (Fsp3) is 0.286. The van der Waals surface area contributed by atoms with Crippen LogP contribution >= 0.6 is 0 Å². The third-order valence-corrected chi connectivity index (χ3v) is 3.26. The summed E-state index contributed by atoms with van der Waals surface area (Å²) in [5.74, 6) is 1.44. The minimum atomic E-state index is 0.560. The van der Waals surface area contributed by atoms with E-state index < -0.39 is 0 Å². The van der Waals surface area contributed by atoms with Gasteiger partial charge in [-0.05, 0) is 31.0 Å². The van der Waals surface area contributed by atoms with Crippen LogP contribution in [0.1, 0.15) is 18.9 Å². The van der Waals surface area contributed by atoms with Crippen LogP contribution in [0.15, 0.2) is 24.4 Å². The molecule has 0 aliphatic heterocycles. The Bertz CT molecular complexity index is 723. The molecular weight excluding hydrogens is 238 g/mol. The standard InChI is InChI=1S/C14H17N5/c1-3-6-19-12-5-4-9(2)7-11(12)17-14(19)10-8-16-18-13(10)15/h4-5,7-8H,3,6H2,1-2H3,(H3,15,16,18). The Morgan fingerprint density at radius 2 is 2.21 bits per heavy atom. The predicted molar refractivity (Wildman–Crippen MR) is 76.8 cm³/mol. The Hall–Kier alpha value is -2.30. The number of nitrogens with two attached hydrogens (primary N) is 1. The molecule has 1 aromatic carbocycles. The summed E-state index contributed by atoms with van der Waals surface area (Å²) in [5.41, 5.74) is 10.1. The van der Waals surface area contributed by atoms with Crippen molar-refractivity contribution in [2.24, 2.45) is 0 Å². The highest BCUT2D eigenvalue weighted by Gasteiger charge is 2.15. The van der Waals surface area contributed by atoms with E-state index in [2.05, 4.69) is 46.8 Å². The van der Waals surface area contributed by atoms with Crippen molar-refractivity contribution in [2.75, 3.05) is 5.73 Å². The lowest BCUT2D eigenvalue weighted by Gasteiger charge is -2.06. The number of benzene rings is 1. The van der Waals surface area contributed by atoms with Gasteiger partial charge in [-0.3, -0.25) is 5.10 Å². The Balaban J connectivity index is 2.28. The molecule has 0 unspecified atom stereocenters. The summed E-state index contributed by atoms with van der Waals surface area (Å²) < 4.78 is 2.20. The van der Waals surface area contributed by atoms with Crippen molar-refractivity contribution < 1.29 is 0 Å². The third kappa shape index (κ3) is 1.87. The van der Waals surface area contributed by atoms with E-state index in [9.17, 15) is 0 Å². The maximum Gasteiger partial charge on any atom is 0.146 e. The van der Waals surface area contributed by atoms with Crippen molar-refractivity contribution in [3.05, 3.63) is 30.0 Å². The molecule has 0 bridgehead atoms. The molecule has 0 saturated heterocycles. The highest BCUT2D eigenvalue weighted by Crippen LogP contribution is 2.28. The average molecular weight is 255 g/mol. The molecule has 0 spiro atoms. The van der Waals surface area contributed by atoms with Crippen molar-refractivity contribution in [3.8, 4) is 11.4 Å². The van der Waals surface area contributed by atoms with Gasteiger partial charge in [0.15, 0.2) is 0 Å². The van der Waals surface area contributed by atoms with Gasteiger partial charge in [0.25, 0.3) is 0 Å². The monoisotopic (exact) mass is 255 g/mol. The number of nitrogens with one attached hydrogen (secondary N) is 1. The van der Waals surface area contributed by atoms with E-state index in [-0.39, 0.29) is 0 Å². The molecule has 0 aliphatic carbocycles. The molecule has 98 valence electrons. The summed E-state index contributed by atoms with van der Waals surface area (Å²) >= 11 is 0. The van der Waals surface area contributed by atoms with Crippen molar-refractivity contribution >= 4 is 16.9 Å². The quantitative estimate of drug-likeness (QED) is 0.755. The fourth-order valence-electron chi connectivity index (χ4n) is 2.37. The highest BCUT2D eigenvalue weighted by molar-refractivity contribution is 5.83. The fourth-order valence-corrected chi connectivity index (χ4v) is 2.37. The summed E-state index contributed by atoms with van der Waals surface area (Å²) in [7, 11) is 0. The van der Waals surface area contributed by atoms with Gasteiger partial charge in [-0.2, -0.15) is 5.10 Å². The highest BCUT2D eigenvalue weighted by atomic mass is 15.2. The van der Waals surface area contributed by atoms with Crippen LogP contribution in [0.25, 0.3) is 22.4 Å². The molecule has 19 heavy (non-hydrogen) atoms. The maximum atomic E-state index is 5.92. The molecule has 0 saturated carbocycles. The van der Waals surface area contributed by atoms with Gasteiger partial charge in [-0.25, -0.2) is 4.98 Å². The number of aromatic nitrogens is 4. The van der Waals surface area contributed by atoms with E-state index in [0.29, 0.717) is 5.82 Å². The first kappa shape index (κ1) is 11.8. The van der Waals surface area contributed by atoms with E-state index >= 15 is 0 Å². The smallest absolute Gasteiger partial charge is 0.146 e. The number of hydrogen-bond acceptors (Lipinski definition) is 3. The molecule has 3 N–H and O–H groups in total. The zero-order chi connectivity index (χ0) is 13.4. The zero-order valence-electron chi connectivity index (χ0n) is 11.1. The number of H-pyrrole nitrogens is 1. The van der Waals surface area contributed by atoms with Crippen LogP contribution in [0.4, 0.5) is 5.82 Å². The molecule has 0 radical (unpaired) electrons. The number of anilines is 1. The van der Waals surface area contributed by atoms with Gasteiger partial charge in [0, 0.05) is 6.54 Å². The van der Waals surface area contributed by atoms with Gasteiger partial charge in [0.05, 0.1) is 22.8 Å². The molecular formula is C14H17N5. The predicted octanol–water partition coefficient (Wildman–Crippen LogP) is 2.73. The number of imidazole rings is 1. The van der Waals surface area contributed by atoms with Gasteiger partial charge >= 0.3 is 0 Å². The third-order valence-electron chi connectivity index (χ3n) is 3.26. The van der Waals surface area contributed by atoms with Gasteiger partial charge in [-0.1, -0.05) is 13.0 Å². The molecule has 2 aromatic heterocycles. The first-order valence-electron chi connectivity index (χ1n) is 6.46. The van der Waals surface area contributed by atoms with Crippen LogP contribution in [-0.4, -0.2) is 19.7 Å². The molecule has 0 atom stereocenters. The second-order valence-electron chi connectivity index (χ2n) is 4.78. The second-order valence-corrected chi connectivity index (χ2v) is 4.78. The van der Waals surface area contributed by atoms with Crippen LogP contribution in [0.2, 0.25) is 0 Å². The molecule has 3 aromatic rings. The van der Waals surface area contributed by atoms with E-state index in [0.717, 1.165) is 35.4 Å². The van der Waals surface area contributed by atoms with Crippen molar-refractivity contribution in [1.82, 2.24) is 19.7 Å². The number of aromatic amines is 1. The van der Waals surface area contributed by atoms with Crippen molar-refractivity contribution in [1.29, 1.82) is 0 Å². The maximum absolute atomic E-state index is 5.92. The normalized spacial score (nSPS) is 11.3. The van der Waals surface area contributed by atoms with E-state index in [4.69, 9.17) is 10.7 Å². The molecule has 2 heterocycles. The largest absolute Gasteiger partial charge is 0.383 e. The summed E-state index contributed by atoms with van der Waals surface area (Å²) in [4.78, 5) is 4.72. The Morgan fingerprint density at radius 1 is 1.37 bits per heavy atom. The second kappa shape index (κ2) is 4.42. The van der Waals surface area contributed by atoms with E-state index in [1.54, 1.807) is 6.20 Å². The SMILES string of the molecule is CCCn1c(-c2cn[nH]c2N)nc2cc(C)ccc21. The molecule has 5 heteroatoms. The first-order chi connectivity index (χ1) is 9.20. The topological polar surface area (TPSA) is 72.5 Å². The number of fused-ring (bicyclic) bond motifs is 1. The number of aryl methyl sites for hydroxylation is 2. The van der Waals surface area contributed by atoms with Crippen LogP contribution < -0.4 is 5.73 Å². The Morgan fingerprint density at radius 3 is 2.89 bits per heavy atom. The number of rotatable bonds is 3. The zero-order valence-corrected chi connectivity index (χ0v) is 11.1. The lowest BCUT2D eigenvalue weighted by atomic mass is 10.2. The van der Waals surface area contributed by atoms with Crippen LogP contribution in [0, 0.1) is 6.92 Å². The average Bonchev–Trinajstić information content (AvgIpc) is 2.94. The molecule has 0 amide bonds. The minimum absolute atomic E-state index is 0.560. The van der Waals surface area contributed by atoms with Gasteiger partial charge in [0.1, 0.15) is 11.6 Å². The van der Waals surface area contributed by atoms with E-state index in [1.165, 1.54) is 5.56 Å². The summed E-state index contributed by atoms with van der Waals surface area (Å²) in [6.07, 6.45) is 2.78. The van der Waals surface area contributed by atoms with Crippen molar-refractivity contribution in [3.63, 3.8) is 0 Å². The number of nitrogen functional groups attached to an aromatic ring is 1. The summed E-state index contributed by atoms with van der Waals surface area (Å²) in [6.45, 7) is 5.15. The number of nitrogens with zero attached hydrogens (tertiary/aromatic N) is 3. The first-order valence-corrected chi connectivity index (χ1v) is 6.46. The summed E-state index contributed by atoms with van der Waals surface area (Å²) in [5, 5.41) is 6.75. The van der Waals surface area contributed by atoms with Gasteiger partial charge in [0.2, 0.25) is 0 Å². The van der Waals surface area contributed by atoms with Gasteiger partial charge < -0.3 is 10.3 Å². The Kier molecular flexibility index (Phi) is 2.74. The molecule has 5 nitrogen and oxygen atoms in total. The molecule has 3 rings (SSSR count). The number of hydrogen-bond donors (Lipinski definition) is 2. The van der Waals surface area contributed by atoms with E-state index in [1.807, 2.05) is 0 Å². The Labute approximate surface area is 111 Å². The minimum Gasteiger partial charge on any atom is -0.383 e. The lowest BCUT2D eigenvalue weighted by molar-refractivity contribution is 0.704. The lowest BCUT2D eigenvalue weighted by Crippen LogP contribution is -2.00. The van der Waals surface area contributed by atoms with Gasteiger partial charge in [-0.15, -0.1) is 0 Å². The molecule has 0 aliphatic rings. The summed E-state index contributed by atoms with van der Waals surface area (Å²) in [6, 6.07) is 6.33. The molecule has 0 fully saturated rings. The van der Waals surface area contributed by atoms with Crippen molar-refractivity contribution in [2.45, 2.75) is 26.8 Å². The van der Waals surface area contributed by atoms with Crippen LogP contribution in [0.5, 0.6) is 0 Å².